The van der Waals surface area contributed by atoms with Gasteiger partial charge < -0.3 is 10.6 Å². The molecule has 0 bridgehead atoms. The van der Waals surface area contributed by atoms with E-state index in [1.54, 1.807) is 13.0 Å². The smallest absolute Gasteiger partial charge is 0.319 e. The van der Waals surface area contributed by atoms with Crippen molar-refractivity contribution in [1.82, 2.24) is 20.0 Å². The number of carbonyl (C=O) groups is 3. The molecule has 1 aliphatic heterocycles. The third-order valence-electron chi connectivity index (χ3n) is 5.21. The lowest BCUT2D eigenvalue weighted by Gasteiger charge is -2.22. The van der Waals surface area contributed by atoms with E-state index in [0.717, 1.165) is 18.2 Å². The Kier molecular flexibility index (Phi) is 5.40. The van der Waals surface area contributed by atoms with Crippen LogP contribution in [0, 0.1) is 24.4 Å². The number of nitrogens with one attached hydrogen (secondary N) is 2. The molecular weight excluding hydrogens is 439 g/mol. The van der Waals surface area contributed by atoms with Gasteiger partial charge in [0.25, 0.3) is 5.91 Å². The van der Waals surface area contributed by atoms with Gasteiger partial charge >= 0.3 is 6.03 Å². The van der Waals surface area contributed by atoms with Crippen molar-refractivity contribution in [2.45, 2.75) is 19.4 Å². The number of aromatic nitrogens is 2. The number of anilines is 1. The van der Waals surface area contributed by atoms with Crippen LogP contribution >= 0.6 is 0 Å². The molecule has 1 aliphatic rings. The molecule has 1 fully saturated rings. The highest BCUT2D eigenvalue weighted by atomic mass is 19.1. The van der Waals surface area contributed by atoms with E-state index >= 15 is 0 Å². The zero-order valence-corrected chi connectivity index (χ0v) is 17.5. The van der Waals surface area contributed by atoms with Crippen LogP contribution in [0.3, 0.4) is 0 Å². The summed E-state index contributed by atoms with van der Waals surface area (Å²) in [5, 5.41) is 9.14. The maximum Gasteiger partial charge on any atom is 0.325 e. The minimum Gasteiger partial charge on any atom is -0.319 e. The van der Waals surface area contributed by atoms with Crippen LogP contribution in [-0.2, 0) is 15.1 Å². The molecule has 0 saturated carbocycles. The molecule has 3 aromatic rings. The standard InChI is InChI=1S/C22H18F3N5O3/c1-12-9-18(30(28-12)15-6-3-13(23)4-7-15)26-19(31)11-29-20(32)22(2,27-21(29)33)16-10-14(24)5-8-17(16)25/h3-10H,11H2,1-2H3,(H,26,31)(H,27,33). The zero-order valence-electron chi connectivity index (χ0n) is 17.5. The molecule has 0 aliphatic carbocycles. The maximum atomic E-state index is 14.3. The molecule has 4 rings (SSSR count). The van der Waals surface area contributed by atoms with Crippen LogP contribution in [0.4, 0.5) is 23.8 Å². The molecule has 170 valence electrons. The van der Waals surface area contributed by atoms with Crippen LogP contribution in [0.5, 0.6) is 0 Å². The molecule has 1 aromatic heterocycles. The molecule has 2 heterocycles. The van der Waals surface area contributed by atoms with Crippen molar-refractivity contribution in [1.29, 1.82) is 0 Å². The van der Waals surface area contributed by atoms with Gasteiger partial charge in [-0.2, -0.15) is 5.10 Å². The van der Waals surface area contributed by atoms with Crippen LogP contribution in [0.25, 0.3) is 5.69 Å². The fourth-order valence-corrected chi connectivity index (χ4v) is 3.60. The Morgan fingerprint density at radius 2 is 1.73 bits per heavy atom. The van der Waals surface area contributed by atoms with Crippen molar-refractivity contribution in [2.75, 3.05) is 11.9 Å². The second-order valence-corrected chi connectivity index (χ2v) is 7.68. The molecule has 0 radical (unpaired) electrons. The van der Waals surface area contributed by atoms with Crippen molar-refractivity contribution in [3.05, 3.63) is 77.2 Å². The van der Waals surface area contributed by atoms with Gasteiger partial charge in [0.1, 0.15) is 35.4 Å². The van der Waals surface area contributed by atoms with Gasteiger partial charge in [-0.25, -0.2) is 22.6 Å². The molecule has 1 unspecified atom stereocenters. The number of aryl methyl sites for hydroxylation is 1. The second kappa shape index (κ2) is 8.08. The number of imide groups is 1. The molecule has 2 aromatic carbocycles. The first-order valence-electron chi connectivity index (χ1n) is 9.80. The van der Waals surface area contributed by atoms with Crippen LogP contribution in [-0.4, -0.2) is 39.1 Å². The van der Waals surface area contributed by atoms with E-state index in [1.165, 1.54) is 35.9 Å². The van der Waals surface area contributed by atoms with Gasteiger partial charge in [-0.05, 0) is 56.3 Å². The van der Waals surface area contributed by atoms with Crippen LogP contribution < -0.4 is 10.6 Å². The summed E-state index contributed by atoms with van der Waals surface area (Å²) in [7, 11) is 0. The molecule has 11 heteroatoms. The number of amides is 4. The Morgan fingerprint density at radius 3 is 2.42 bits per heavy atom. The first-order valence-corrected chi connectivity index (χ1v) is 9.80. The van der Waals surface area contributed by atoms with Gasteiger partial charge in [0.2, 0.25) is 5.91 Å². The number of rotatable bonds is 5. The lowest BCUT2D eigenvalue weighted by Crippen LogP contribution is -2.42. The fourth-order valence-electron chi connectivity index (χ4n) is 3.60. The van der Waals surface area contributed by atoms with E-state index in [2.05, 4.69) is 15.7 Å². The van der Waals surface area contributed by atoms with Crippen molar-refractivity contribution >= 4 is 23.7 Å². The third-order valence-corrected chi connectivity index (χ3v) is 5.21. The Morgan fingerprint density at radius 1 is 1.06 bits per heavy atom. The molecule has 0 spiro atoms. The highest BCUT2D eigenvalue weighted by Crippen LogP contribution is 2.31. The summed E-state index contributed by atoms with van der Waals surface area (Å²) in [6, 6.07) is 8.59. The largest absolute Gasteiger partial charge is 0.325 e. The van der Waals surface area contributed by atoms with Crippen LogP contribution in [0.1, 0.15) is 18.2 Å². The molecule has 1 saturated heterocycles. The number of benzene rings is 2. The SMILES string of the molecule is Cc1cc(NC(=O)CN2C(=O)NC(C)(c3cc(F)ccc3F)C2=O)n(-c2ccc(F)cc2)n1. The summed E-state index contributed by atoms with van der Waals surface area (Å²) >= 11 is 0. The van der Waals surface area contributed by atoms with E-state index in [9.17, 15) is 27.6 Å². The van der Waals surface area contributed by atoms with Crippen LogP contribution in [0.2, 0.25) is 0 Å². The highest BCUT2D eigenvalue weighted by molar-refractivity contribution is 6.10. The molecule has 33 heavy (non-hydrogen) atoms. The summed E-state index contributed by atoms with van der Waals surface area (Å²) < 4.78 is 42.5. The Labute approximate surface area is 186 Å². The number of hydrogen-bond acceptors (Lipinski definition) is 4. The van der Waals surface area contributed by atoms with Gasteiger partial charge in [0, 0.05) is 11.6 Å². The predicted octanol–water partition coefficient (Wildman–Crippen LogP) is 3.00. The Balaban J connectivity index is 1.54. The highest BCUT2D eigenvalue weighted by Gasteiger charge is 2.50. The van der Waals surface area contributed by atoms with Gasteiger partial charge in [0.05, 0.1) is 11.4 Å². The number of carbonyl (C=O) groups excluding carboxylic acids is 3. The average Bonchev–Trinajstić information content (AvgIpc) is 3.22. The molecule has 4 amide bonds. The second-order valence-electron chi connectivity index (χ2n) is 7.68. The number of nitrogens with zero attached hydrogens (tertiary/aromatic N) is 3. The zero-order chi connectivity index (χ0) is 23.9. The quantitative estimate of drug-likeness (QED) is 0.576. The Hall–Kier alpha value is -4.15. The van der Waals surface area contributed by atoms with E-state index in [0.29, 0.717) is 16.3 Å². The fraction of sp³-hybridized carbons (Fsp3) is 0.182. The monoisotopic (exact) mass is 457 g/mol. The van der Waals surface area contributed by atoms with E-state index < -0.39 is 47.4 Å². The molecule has 2 N–H and O–H groups in total. The van der Waals surface area contributed by atoms with E-state index in [-0.39, 0.29) is 11.4 Å². The van der Waals surface area contributed by atoms with Gasteiger partial charge in [-0.3, -0.25) is 14.5 Å². The number of halogens is 3. The Bertz CT molecular complexity index is 1270. The van der Waals surface area contributed by atoms with Crippen molar-refractivity contribution in [3.8, 4) is 5.69 Å². The van der Waals surface area contributed by atoms with Crippen molar-refractivity contribution in [2.24, 2.45) is 0 Å². The van der Waals surface area contributed by atoms with Gasteiger partial charge in [-0.1, -0.05) is 0 Å². The lowest BCUT2D eigenvalue weighted by molar-refractivity contribution is -0.133. The first-order chi connectivity index (χ1) is 15.6. The molecular formula is C22H18F3N5O3. The normalized spacial score (nSPS) is 17.9. The summed E-state index contributed by atoms with van der Waals surface area (Å²) in [4.78, 5) is 38.6. The molecule has 1 atom stereocenters. The average molecular weight is 457 g/mol. The number of hydrogen-bond donors (Lipinski definition) is 2. The molecule has 8 nitrogen and oxygen atoms in total. The topological polar surface area (TPSA) is 96.3 Å². The first kappa shape index (κ1) is 22.1. The van der Waals surface area contributed by atoms with Gasteiger partial charge in [0.15, 0.2) is 0 Å². The summed E-state index contributed by atoms with van der Waals surface area (Å²) in [6.07, 6.45) is 0. The maximum absolute atomic E-state index is 14.3. The predicted molar refractivity (Wildman–Crippen MR) is 111 cm³/mol. The summed E-state index contributed by atoms with van der Waals surface area (Å²) in [5.74, 6) is -3.51. The van der Waals surface area contributed by atoms with Crippen molar-refractivity contribution < 1.29 is 27.6 Å². The minimum absolute atomic E-state index is 0.232. The third kappa shape index (κ3) is 4.04. The van der Waals surface area contributed by atoms with Gasteiger partial charge in [-0.15, -0.1) is 0 Å². The van der Waals surface area contributed by atoms with E-state index in [1.807, 2.05) is 0 Å². The minimum atomic E-state index is -1.88. The van der Waals surface area contributed by atoms with Crippen molar-refractivity contribution in [3.63, 3.8) is 0 Å². The summed E-state index contributed by atoms with van der Waals surface area (Å²) in [5.41, 5.74) is -1.20. The van der Waals surface area contributed by atoms with Crippen LogP contribution in [0.15, 0.2) is 48.5 Å². The number of urea groups is 1. The summed E-state index contributed by atoms with van der Waals surface area (Å²) in [6.45, 7) is 2.24. The lowest BCUT2D eigenvalue weighted by atomic mass is 9.91. The van der Waals surface area contributed by atoms with E-state index in [4.69, 9.17) is 0 Å².